The van der Waals surface area contributed by atoms with Gasteiger partial charge in [0, 0.05) is 38.1 Å². The molecular weight excluding hydrogens is 450 g/mol. The third-order valence-corrected chi connectivity index (χ3v) is 6.53. The molecule has 5 rings (SSSR count). The molecule has 0 saturated carbocycles. The average molecular weight is 480 g/mol. The summed E-state index contributed by atoms with van der Waals surface area (Å²) in [5, 5.41) is 11.0. The molecule has 1 aliphatic heterocycles. The van der Waals surface area contributed by atoms with Crippen molar-refractivity contribution in [2.45, 2.75) is 6.42 Å². The number of ether oxygens (including phenoxy) is 2. The van der Waals surface area contributed by atoms with Crippen LogP contribution < -0.4 is 15.4 Å². The lowest BCUT2D eigenvalue weighted by molar-refractivity contribution is 0.0398. The normalized spacial score (nSPS) is 14.4. The second kappa shape index (κ2) is 10.8. The van der Waals surface area contributed by atoms with Gasteiger partial charge in [-0.2, -0.15) is 21.3 Å². The zero-order valence-corrected chi connectivity index (χ0v) is 20.1. The predicted octanol–water partition coefficient (Wildman–Crippen LogP) is 3.28. The van der Waals surface area contributed by atoms with Gasteiger partial charge >= 0.3 is 0 Å². The maximum atomic E-state index is 5.44. The fraction of sp³-hybridized carbons (Fsp3) is 0.375. The number of anilines is 2. The van der Waals surface area contributed by atoms with E-state index in [1.54, 1.807) is 18.4 Å². The van der Waals surface area contributed by atoms with Crippen LogP contribution in [0.15, 0.2) is 47.4 Å². The van der Waals surface area contributed by atoms with Crippen LogP contribution in [0.5, 0.6) is 5.75 Å². The van der Waals surface area contributed by atoms with Crippen LogP contribution in [0, 0.1) is 0 Å². The first kappa shape index (κ1) is 22.6. The molecule has 1 aromatic carbocycles. The number of benzene rings is 1. The Kier molecular flexibility index (Phi) is 7.18. The van der Waals surface area contributed by atoms with Gasteiger partial charge in [-0.25, -0.2) is 4.98 Å². The predicted molar refractivity (Wildman–Crippen MR) is 135 cm³/mol. The quantitative estimate of drug-likeness (QED) is 0.358. The molecule has 10 heteroatoms. The van der Waals surface area contributed by atoms with Gasteiger partial charge in [-0.15, -0.1) is 0 Å². The average Bonchev–Trinajstić information content (AvgIpc) is 3.55. The van der Waals surface area contributed by atoms with Gasteiger partial charge in [-0.3, -0.25) is 9.47 Å². The first-order valence-electron chi connectivity index (χ1n) is 11.5. The molecule has 9 nitrogen and oxygen atoms in total. The van der Waals surface area contributed by atoms with Crippen LogP contribution in [0.25, 0.3) is 16.9 Å². The first-order valence-corrected chi connectivity index (χ1v) is 12.4. The van der Waals surface area contributed by atoms with Crippen molar-refractivity contribution in [1.29, 1.82) is 0 Å². The van der Waals surface area contributed by atoms with Crippen LogP contribution in [0.4, 0.5) is 11.8 Å². The lowest BCUT2D eigenvalue weighted by Crippen LogP contribution is -2.39. The van der Waals surface area contributed by atoms with E-state index in [-0.39, 0.29) is 0 Å². The van der Waals surface area contributed by atoms with Gasteiger partial charge in [-0.05, 0) is 35.6 Å². The van der Waals surface area contributed by atoms with Gasteiger partial charge in [0.05, 0.1) is 26.0 Å². The van der Waals surface area contributed by atoms with E-state index in [4.69, 9.17) is 19.4 Å². The minimum Gasteiger partial charge on any atom is -0.497 e. The van der Waals surface area contributed by atoms with Crippen LogP contribution in [0.3, 0.4) is 0 Å². The monoisotopic (exact) mass is 479 g/mol. The number of aromatic nitrogens is 4. The summed E-state index contributed by atoms with van der Waals surface area (Å²) in [5.74, 6) is 2.20. The van der Waals surface area contributed by atoms with Crippen LogP contribution in [-0.4, -0.2) is 77.5 Å². The van der Waals surface area contributed by atoms with E-state index < -0.39 is 0 Å². The summed E-state index contributed by atoms with van der Waals surface area (Å²) in [7, 11) is 1.68. The molecule has 0 aliphatic carbocycles. The van der Waals surface area contributed by atoms with E-state index in [0.717, 1.165) is 80.8 Å². The smallest absolute Gasteiger partial charge is 0.226 e. The third-order valence-electron chi connectivity index (χ3n) is 5.86. The molecule has 34 heavy (non-hydrogen) atoms. The first-order chi connectivity index (χ1) is 16.8. The summed E-state index contributed by atoms with van der Waals surface area (Å²) in [4.78, 5) is 16.6. The SMILES string of the molecule is COc1ccc(CCNc2nc(NCCN3CCOCC3)nc3c2ncn3-c2ccsc2)cc1. The zero-order valence-electron chi connectivity index (χ0n) is 19.2. The van der Waals surface area contributed by atoms with Crippen molar-refractivity contribution in [3.8, 4) is 11.4 Å². The highest BCUT2D eigenvalue weighted by molar-refractivity contribution is 7.08. The molecular formula is C24H29N7O2S. The number of nitrogens with one attached hydrogen (secondary N) is 2. The summed E-state index contributed by atoms with van der Waals surface area (Å²) >= 11 is 1.65. The van der Waals surface area contributed by atoms with E-state index in [0.29, 0.717) is 5.95 Å². The lowest BCUT2D eigenvalue weighted by atomic mass is 10.1. The molecule has 1 aliphatic rings. The van der Waals surface area contributed by atoms with Crippen molar-refractivity contribution in [2.24, 2.45) is 0 Å². The zero-order chi connectivity index (χ0) is 23.2. The van der Waals surface area contributed by atoms with Gasteiger partial charge in [0.25, 0.3) is 0 Å². The van der Waals surface area contributed by atoms with Crippen LogP contribution in [0.1, 0.15) is 5.56 Å². The number of thiophene rings is 1. The Labute approximate surface area is 202 Å². The number of morpholine rings is 1. The van der Waals surface area contributed by atoms with Gasteiger partial charge in [-0.1, -0.05) is 12.1 Å². The fourth-order valence-electron chi connectivity index (χ4n) is 3.95. The Bertz CT molecular complexity index is 1190. The maximum Gasteiger partial charge on any atom is 0.226 e. The van der Waals surface area contributed by atoms with Gasteiger partial charge in [0.1, 0.15) is 12.1 Å². The second-order valence-corrected chi connectivity index (χ2v) is 8.85. The van der Waals surface area contributed by atoms with Crippen molar-refractivity contribution >= 4 is 34.3 Å². The second-order valence-electron chi connectivity index (χ2n) is 8.07. The molecule has 0 amide bonds. The summed E-state index contributed by atoms with van der Waals surface area (Å²) < 4.78 is 12.7. The topological polar surface area (TPSA) is 89.4 Å². The molecule has 0 spiro atoms. The largest absolute Gasteiger partial charge is 0.497 e. The molecule has 1 fully saturated rings. The Balaban J connectivity index is 1.32. The summed E-state index contributed by atoms with van der Waals surface area (Å²) in [5.41, 5.74) is 3.83. The molecule has 1 saturated heterocycles. The van der Waals surface area contributed by atoms with Crippen molar-refractivity contribution in [2.75, 3.05) is 63.7 Å². The summed E-state index contributed by atoms with van der Waals surface area (Å²) in [6.45, 7) is 5.94. The van der Waals surface area contributed by atoms with Crippen molar-refractivity contribution in [3.05, 3.63) is 53.0 Å². The van der Waals surface area contributed by atoms with Crippen LogP contribution in [0.2, 0.25) is 0 Å². The maximum absolute atomic E-state index is 5.44. The highest BCUT2D eigenvalue weighted by atomic mass is 32.1. The third kappa shape index (κ3) is 5.30. The van der Waals surface area contributed by atoms with Gasteiger partial charge in [0.15, 0.2) is 17.0 Å². The van der Waals surface area contributed by atoms with Crippen LogP contribution in [-0.2, 0) is 11.2 Å². The molecule has 0 atom stereocenters. The number of methoxy groups -OCH3 is 1. The Morgan fingerprint density at radius 2 is 1.91 bits per heavy atom. The van der Waals surface area contributed by atoms with E-state index in [1.165, 1.54) is 5.56 Å². The molecule has 0 unspecified atom stereocenters. The standard InChI is InChI=1S/C24H29N7O2S/c1-32-20-4-2-18(3-5-20)6-8-25-22-21-23(31(17-27-21)19-7-15-34-16-19)29-24(28-22)26-9-10-30-11-13-33-14-12-30/h2-5,7,15-17H,6,8-14H2,1H3,(H2,25,26,28,29). The van der Waals surface area contributed by atoms with Gasteiger partial charge < -0.3 is 20.1 Å². The molecule has 178 valence electrons. The number of fused-ring (bicyclic) bond motifs is 1. The molecule has 4 aromatic rings. The van der Waals surface area contributed by atoms with E-state index in [1.807, 2.05) is 23.0 Å². The van der Waals surface area contributed by atoms with E-state index in [2.05, 4.69) is 49.5 Å². The van der Waals surface area contributed by atoms with Crippen molar-refractivity contribution in [1.82, 2.24) is 24.4 Å². The van der Waals surface area contributed by atoms with E-state index in [9.17, 15) is 0 Å². The number of hydrogen-bond acceptors (Lipinski definition) is 9. The highest BCUT2D eigenvalue weighted by Crippen LogP contribution is 2.24. The van der Waals surface area contributed by atoms with Crippen molar-refractivity contribution in [3.63, 3.8) is 0 Å². The number of nitrogens with zero attached hydrogens (tertiary/aromatic N) is 5. The van der Waals surface area contributed by atoms with Crippen molar-refractivity contribution < 1.29 is 9.47 Å². The van der Waals surface area contributed by atoms with E-state index >= 15 is 0 Å². The minimum absolute atomic E-state index is 0.602. The number of imidazole rings is 1. The Morgan fingerprint density at radius 1 is 1.06 bits per heavy atom. The number of rotatable bonds is 10. The number of hydrogen-bond donors (Lipinski definition) is 2. The summed E-state index contributed by atoms with van der Waals surface area (Å²) in [6.07, 6.45) is 2.67. The minimum atomic E-state index is 0.602. The molecule has 0 radical (unpaired) electrons. The van der Waals surface area contributed by atoms with Gasteiger partial charge in [0.2, 0.25) is 5.95 Å². The Morgan fingerprint density at radius 3 is 2.68 bits per heavy atom. The molecule has 3 aromatic heterocycles. The fourth-order valence-corrected chi connectivity index (χ4v) is 4.58. The lowest BCUT2D eigenvalue weighted by Gasteiger charge is -2.26. The van der Waals surface area contributed by atoms with Crippen LogP contribution >= 0.6 is 11.3 Å². The Hall–Kier alpha value is -3.21. The molecule has 0 bridgehead atoms. The highest BCUT2D eigenvalue weighted by Gasteiger charge is 2.15. The molecule has 2 N–H and O–H groups in total. The summed E-state index contributed by atoms with van der Waals surface area (Å²) in [6, 6.07) is 10.2. The molecule has 4 heterocycles.